The summed E-state index contributed by atoms with van der Waals surface area (Å²) in [6.45, 7) is 4.30. The zero-order valence-corrected chi connectivity index (χ0v) is 14.0. The number of hydrogen-bond acceptors (Lipinski definition) is 1. The van der Waals surface area contributed by atoms with E-state index in [9.17, 15) is 0 Å². The number of aryl methyl sites for hydroxylation is 1. The Bertz CT molecular complexity index is 1020. The number of aromatic nitrogens is 1. The van der Waals surface area contributed by atoms with Crippen LogP contribution in [0.25, 0.3) is 33.3 Å². The number of para-hydroxylation sites is 1. The number of fused-ring (bicyclic) bond motifs is 1. The van der Waals surface area contributed by atoms with Gasteiger partial charge in [-0.25, -0.2) is 4.98 Å². The van der Waals surface area contributed by atoms with E-state index in [1.807, 2.05) is 0 Å². The fraction of sp³-hybridized carbons (Fsp3) is 0.0870. The quantitative estimate of drug-likeness (QED) is 0.430. The molecular weight excluding hydrogens is 290 g/mol. The topological polar surface area (TPSA) is 12.9 Å². The summed E-state index contributed by atoms with van der Waals surface area (Å²) in [5, 5.41) is 1.21. The first kappa shape index (κ1) is 14.6. The lowest BCUT2D eigenvalue weighted by atomic mass is 9.92. The zero-order chi connectivity index (χ0) is 16.5. The zero-order valence-electron chi connectivity index (χ0n) is 14.0. The predicted molar refractivity (Wildman–Crippen MR) is 102 cm³/mol. The SMILES string of the molecule is Cc1cccc(-c2nc3ccccc3c(-c3ccccc3)c2C)c1. The summed E-state index contributed by atoms with van der Waals surface area (Å²) >= 11 is 0. The normalized spacial score (nSPS) is 10.9. The lowest BCUT2D eigenvalue weighted by Gasteiger charge is -2.15. The van der Waals surface area contributed by atoms with Gasteiger partial charge in [-0.05, 0) is 42.7 Å². The monoisotopic (exact) mass is 309 g/mol. The van der Waals surface area contributed by atoms with Crippen molar-refractivity contribution in [3.8, 4) is 22.4 Å². The van der Waals surface area contributed by atoms with E-state index in [1.54, 1.807) is 0 Å². The third kappa shape index (κ3) is 2.48. The molecule has 0 bridgehead atoms. The molecule has 0 saturated carbocycles. The molecule has 4 rings (SSSR count). The molecule has 1 nitrogen and oxygen atoms in total. The van der Waals surface area contributed by atoms with Gasteiger partial charge in [-0.15, -0.1) is 0 Å². The maximum Gasteiger partial charge on any atom is 0.0745 e. The van der Waals surface area contributed by atoms with Crippen LogP contribution in [-0.4, -0.2) is 4.98 Å². The average Bonchev–Trinajstić information content (AvgIpc) is 2.62. The average molecular weight is 309 g/mol. The molecule has 0 saturated heterocycles. The molecule has 0 aliphatic rings. The van der Waals surface area contributed by atoms with Crippen molar-refractivity contribution in [3.05, 3.63) is 90.0 Å². The Morgan fingerprint density at radius 1 is 0.667 bits per heavy atom. The van der Waals surface area contributed by atoms with Crippen LogP contribution in [-0.2, 0) is 0 Å². The Balaban J connectivity index is 2.09. The van der Waals surface area contributed by atoms with Gasteiger partial charge in [0.15, 0.2) is 0 Å². The van der Waals surface area contributed by atoms with Crippen LogP contribution in [0.4, 0.5) is 0 Å². The van der Waals surface area contributed by atoms with Gasteiger partial charge in [-0.1, -0.05) is 72.3 Å². The molecule has 0 N–H and O–H groups in total. The van der Waals surface area contributed by atoms with Gasteiger partial charge >= 0.3 is 0 Å². The smallest absolute Gasteiger partial charge is 0.0745 e. The molecule has 24 heavy (non-hydrogen) atoms. The summed E-state index contributed by atoms with van der Waals surface area (Å²) in [5.74, 6) is 0. The van der Waals surface area contributed by atoms with Crippen molar-refractivity contribution < 1.29 is 0 Å². The first-order valence-electron chi connectivity index (χ1n) is 8.26. The molecule has 3 aromatic carbocycles. The molecule has 4 aromatic rings. The van der Waals surface area contributed by atoms with Gasteiger partial charge in [-0.2, -0.15) is 0 Å². The van der Waals surface area contributed by atoms with E-state index >= 15 is 0 Å². The van der Waals surface area contributed by atoms with Gasteiger partial charge in [0.05, 0.1) is 11.2 Å². The van der Waals surface area contributed by atoms with Gasteiger partial charge in [0.25, 0.3) is 0 Å². The number of benzene rings is 3. The minimum absolute atomic E-state index is 1.04. The van der Waals surface area contributed by atoms with E-state index in [2.05, 4.69) is 92.7 Å². The van der Waals surface area contributed by atoms with Crippen LogP contribution in [0.5, 0.6) is 0 Å². The molecule has 0 spiro atoms. The second-order valence-electron chi connectivity index (χ2n) is 6.21. The first-order valence-corrected chi connectivity index (χ1v) is 8.26. The molecule has 116 valence electrons. The first-order chi connectivity index (χ1) is 11.7. The van der Waals surface area contributed by atoms with Crippen molar-refractivity contribution in [2.75, 3.05) is 0 Å². The van der Waals surface area contributed by atoms with E-state index in [0.717, 1.165) is 11.2 Å². The molecule has 0 fully saturated rings. The Morgan fingerprint density at radius 2 is 1.38 bits per heavy atom. The fourth-order valence-electron chi connectivity index (χ4n) is 3.36. The minimum atomic E-state index is 1.04. The molecule has 1 aromatic heterocycles. The van der Waals surface area contributed by atoms with Crippen molar-refractivity contribution in [1.82, 2.24) is 4.98 Å². The highest BCUT2D eigenvalue weighted by Gasteiger charge is 2.14. The van der Waals surface area contributed by atoms with Crippen LogP contribution in [0.1, 0.15) is 11.1 Å². The number of nitrogens with zero attached hydrogens (tertiary/aromatic N) is 1. The van der Waals surface area contributed by atoms with E-state index in [1.165, 1.54) is 33.2 Å². The van der Waals surface area contributed by atoms with E-state index in [4.69, 9.17) is 4.98 Å². The lowest BCUT2D eigenvalue weighted by molar-refractivity contribution is 1.32. The summed E-state index contributed by atoms with van der Waals surface area (Å²) in [6, 6.07) is 27.6. The predicted octanol–water partition coefficient (Wildman–Crippen LogP) is 6.19. The van der Waals surface area contributed by atoms with Gasteiger partial charge in [0.1, 0.15) is 0 Å². The van der Waals surface area contributed by atoms with Crippen LogP contribution in [0, 0.1) is 13.8 Å². The molecule has 1 heterocycles. The Kier molecular flexibility index (Phi) is 3.62. The number of hydrogen-bond donors (Lipinski definition) is 0. The third-order valence-electron chi connectivity index (χ3n) is 4.49. The molecule has 0 radical (unpaired) electrons. The molecule has 0 amide bonds. The molecule has 0 atom stereocenters. The summed E-state index contributed by atoms with van der Waals surface area (Å²) in [5.41, 5.74) is 8.28. The van der Waals surface area contributed by atoms with Crippen molar-refractivity contribution in [1.29, 1.82) is 0 Å². The standard InChI is InChI=1S/C23H19N/c1-16-9-8-12-19(15-16)23-17(2)22(18-10-4-3-5-11-18)20-13-6-7-14-21(20)24-23/h3-15H,1-2H3. The summed E-state index contributed by atoms with van der Waals surface area (Å²) in [6.07, 6.45) is 0. The van der Waals surface area contributed by atoms with Crippen molar-refractivity contribution in [2.45, 2.75) is 13.8 Å². The van der Waals surface area contributed by atoms with Crippen molar-refractivity contribution in [3.63, 3.8) is 0 Å². The Morgan fingerprint density at radius 3 is 2.17 bits per heavy atom. The highest BCUT2D eigenvalue weighted by atomic mass is 14.7. The molecule has 0 aliphatic heterocycles. The maximum absolute atomic E-state index is 4.97. The highest BCUT2D eigenvalue weighted by Crippen LogP contribution is 2.36. The van der Waals surface area contributed by atoms with E-state index < -0.39 is 0 Å². The molecule has 0 unspecified atom stereocenters. The molecule has 1 heteroatoms. The lowest BCUT2D eigenvalue weighted by Crippen LogP contribution is -1.95. The van der Waals surface area contributed by atoms with Gasteiger partial charge in [0.2, 0.25) is 0 Å². The second-order valence-corrected chi connectivity index (χ2v) is 6.21. The van der Waals surface area contributed by atoms with E-state index in [-0.39, 0.29) is 0 Å². The maximum atomic E-state index is 4.97. The molecule has 0 aliphatic carbocycles. The van der Waals surface area contributed by atoms with Crippen LogP contribution in [0.15, 0.2) is 78.9 Å². The van der Waals surface area contributed by atoms with Crippen LogP contribution >= 0.6 is 0 Å². The van der Waals surface area contributed by atoms with Crippen LogP contribution in [0.3, 0.4) is 0 Å². The van der Waals surface area contributed by atoms with Crippen LogP contribution in [0.2, 0.25) is 0 Å². The Hall–Kier alpha value is -2.93. The summed E-state index contributed by atoms with van der Waals surface area (Å²) in [4.78, 5) is 4.97. The van der Waals surface area contributed by atoms with Crippen molar-refractivity contribution in [2.24, 2.45) is 0 Å². The third-order valence-corrected chi connectivity index (χ3v) is 4.49. The highest BCUT2D eigenvalue weighted by molar-refractivity contribution is 5.99. The minimum Gasteiger partial charge on any atom is -0.247 e. The van der Waals surface area contributed by atoms with Gasteiger partial charge < -0.3 is 0 Å². The largest absolute Gasteiger partial charge is 0.247 e. The summed E-state index contributed by atoms with van der Waals surface area (Å²) in [7, 11) is 0. The Labute approximate surface area is 142 Å². The van der Waals surface area contributed by atoms with Gasteiger partial charge in [-0.3, -0.25) is 0 Å². The van der Waals surface area contributed by atoms with Gasteiger partial charge in [0, 0.05) is 10.9 Å². The summed E-state index contributed by atoms with van der Waals surface area (Å²) < 4.78 is 0. The second kappa shape index (κ2) is 5.93. The van der Waals surface area contributed by atoms with Crippen molar-refractivity contribution >= 4 is 10.9 Å². The number of pyridine rings is 1. The number of rotatable bonds is 2. The van der Waals surface area contributed by atoms with E-state index in [0.29, 0.717) is 0 Å². The van der Waals surface area contributed by atoms with Crippen LogP contribution < -0.4 is 0 Å². The molecular formula is C23H19N. The fourth-order valence-corrected chi connectivity index (χ4v) is 3.36.